The Hall–Kier alpha value is -2.41. The molecule has 98 valence electrons. The van der Waals surface area contributed by atoms with Gasteiger partial charge in [-0.2, -0.15) is 0 Å². The van der Waals surface area contributed by atoms with Crippen molar-refractivity contribution in [1.29, 1.82) is 0 Å². The fourth-order valence-electron chi connectivity index (χ4n) is 1.44. The summed E-state index contributed by atoms with van der Waals surface area (Å²) >= 11 is 0.587. The van der Waals surface area contributed by atoms with E-state index in [4.69, 9.17) is 9.84 Å². The van der Waals surface area contributed by atoms with E-state index in [1.165, 1.54) is 0 Å². The number of hydrogen-bond acceptors (Lipinski definition) is 5. The van der Waals surface area contributed by atoms with Crippen LogP contribution in [0.2, 0.25) is 0 Å². The Labute approximate surface area is 112 Å². The van der Waals surface area contributed by atoms with Crippen LogP contribution in [0.3, 0.4) is 0 Å². The number of carboxylic acid groups (broad SMARTS) is 1. The van der Waals surface area contributed by atoms with Gasteiger partial charge in [0.15, 0.2) is 10.6 Å². The average molecular weight is 279 g/mol. The molecular formula is C12H9NO5S. The Morgan fingerprint density at radius 1 is 1.37 bits per heavy atom. The van der Waals surface area contributed by atoms with Gasteiger partial charge in [0.2, 0.25) is 0 Å². The van der Waals surface area contributed by atoms with E-state index in [2.05, 4.69) is 0 Å². The second-order valence-corrected chi connectivity index (χ2v) is 4.65. The standard InChI is InChI=1S/C12H9NO5S/c14-12(15)11-9(6-10(19-11)13(16)17)18-7-8-4-2-1-3-5-8/h1-6H,7H2,(H,14,15). The summed E-state index contributed by atoms with van der Waals surface area (Å²) < 4.78 is 5.34. The predicted molar refractivity (Wildman–Crippen MR) is 68.7 cm³/mol. The summed E-state index contributed by atoms with van der Waals surface area (Å²) in [6.45, 7) is 0.162. The molecule has 0 amide bonds. The monoisotopic (exact) mass is 279 g/mol. The number of thiophene rings is 1. The molecule has 1 aromatic heterocycles. The Morgan fingerprint density at radius 3 is 2.63 bits per heavy atom. The normalized spacial score (nSPS) is 10.1. The van der Waals surface area contributed by atoms with Crippen molar-refractivity contribution in [3.63, 3.8) is 0 Å². The molecule has 0 radical (unpaired) electrons. The largest absolute Gasteiger partial charge is 0.487 e. The number of nitro groups is 1. The Balaban J connectivity index is 2.19. The van der Waals surface area contributed by atoms with Gasteiger partial charge < -0.3 is 9.84 Å². The van der Waals surface area contributed by atoms with Crippen LogP contribution in [-0.2, 0) is 6.61 Å². The van der Waals surface area contributed by atoms with Crippen LogP contribution in [0.1, 0.15) is 15.2 Å². The third-order valence-electron chi connectivity index (χ3n) is 2.30. The molecule has 0 aliphatic rings. The molecule has 0 saturated carbocycles. The summed E-state index contributed by atoms with van der Waals surface area (Å²) in [4.78, 5) is 20.8. The van der Waals surface area contributed by atoms with E-state index in [1.807, 2.05) is 30.3 Å². The van der Waals surface area contributed by atoms with Crippen molar-refractivity contribution in [2.75, 3.05) is 0 Å². The maximum atomic E-state index is 11.0. The van der Waals surface area contributed by atoms with Gasteiger partial charge in [-0.15, -0.1) is 0 Å². The van der Waals surface area contributed by atoms with Crippen LogP contribution in [0.5, 0.6) is 5.75 Å². The molecule has 0 aliphatic carbocycles. The highest BCUT2D eigenvalue weighted by Gasteiger charge is 2.22. The lowest BCUT2D eigenvalue weighted by Crippen LogP contribution is -1.99. The summed E-state index contributed by atoms with van der Waals surface area (Å²) in [7, 11) is 0. The second-order valence-electron chi connectivity index (χ2n) is 3.61. The molecule has 0 spiro atoms. The molecule has 7 heteroatoms. The Kier molecular flexibility index (Phi) is 3.76. The van der Waals surface area contributed by atoms with E-state index in [1.54, 1.807) is 0 Å². The van der Waals surface area contributed by atoms with Crippen molar-refractivity contribution in [3.05, 3.63) is 57.0 Å². The first-order valence-electron chi connectivity index (χ1n) is 5.26. The molecule has 6 nitrogen and oxygen atoms in total. The van der Waals surface area contributed by atoms with E-state index in [-0.39, 0.29) is 22.2 Å². The molecule has 2 aromatic rings. The van der Waals surface area contributed by atoms with Crippen molar-refractivity contribution in [2.24, 2.45) is 0 Å². The van der Waals surface area contributed by atoms with Gasteiger partial charge in [0.1, 0.15) is 6.61 Å². The van der Waals surface area contributed by atoms with E-state index in [9.17, 15) is 14.9 Å². The average Bonchev–Trinajstić information content (AvgIpc) is 2.82. The minimum Gasteiger partial charge on any atom is -0.487 e. The second kappa shape index (κ2) is 5.49. The fraction of sp³-hybridized carbons (Fsp3) is 0.0833. The zero-order valence-corrected chi connectivity index (χ0v) is 10.4. The first-order valence-corrected chi connectivity index (χ1v) is 6.08. The summed E-state index contributed by atoms with van der Waals surface area (Å²) in [6.07, 6.45) is 0. The SMILES string of the molecule is O=C(O)c1sc([N+](=O)[O-])cc1OCc1ccccc1. The molecule has 1 heterocycles. The van der Waals surface area contributed by atoms with Crippen molar-refractivity contribution in [1.82, 2.24) is 0 Å². The van der Waals surface area contributed by atoms with E-state index in [0.29, 0.717) is 11.3 Å². The van der Waals surface area contributed by atoms with Gasteiger partial charge in [0.05, 0.1) is 11.0 Å². The smallest absolute Gasteiger partial charge is 0.349 e. The molecule has 0 aliphatic heterocycles. The highest BCUT2D eigenvalue weighted by atomic mass is 32.1. The summed E-state index contributed by atoms with van der Waals surface area (Å²) in [5, 5.41) is 19.3. The number of nitrogens with zero attached hydrogens (tertiary/aromatic N) is 1. The van der Waals surface area contributed by atoms with Crippen molar-refractivity contribution < 1.29 is 19.6 Å². The minimum absolute atomic E-state index is 0.0213. The first-order chi connectivity index (χ1) is 9.08. The van der Waals surface area contributed by atoms with E-state index < -0.39 is 10.9 Å². The number of carboxylic acids is 1. The summed E-state index contributed by atoms with van der Waals surface area (Å²) in [5.74, 6) is -1.21. The molecule has 0 fully saturated rings. The lowest BCUT2D eigenvalue weighted by atomic mass is 10.2. The van der Waals surface area contributed by atoms with Crippen LogP contribution < -0.4 is 4.74 Å². The minimum atomic E-state index is -1.24. The van der Waals surface area contributed by atoms with Gasteiger partial charge >= 0.3 is 11.0 Å². The van der Waals surface area contributed by atoms with Crippen molar-refractivity contribution in [3.8, 4) is 5.75 Å². The lowest BCUT2D eigenvalue weighted by Gasteiger charge is -2.04. The Bertz CT molecular complexity index is 608. The van der Waals surface area contributed by atoms with Crippen LogP contribution in [0.4, 0.5) is 5.00 Å². The van der Waals surface area contributed by atoms with Gasteiger partial charge in [-0.05, 0) is 5.56 Å². The number of rotatable bonds is 5. The van der Waals surface area contributed by atoms with Crippen LogP contribution >= 0.6 is 11.3 Å². The summed E-state index contributed by atoms with van der Waals surface area (Å²) in [5.41, 5.74) is 0.854. The van der Waals surface area contributed by atoms with Gasteiger partial charge in [0.25, 0.3) is 0 Å². The molecule has 0 unspecified atom stereocenters. The van der Waals surface area contributed by atoms with Gasteiger partial charge in [0, 0.05) is 0 Å². The van der Waals surface area contributed by atoms with Gasteiger partial charge in [-0.1, -0.05) is 41.7 Å². The molecule has 0 atom stereocenters. The van der Waals surface area contributed by atoms with E-state index >= 15 is 0 Å². The van der Waals surface area contributed by atoms with Crippen LogP contribution in [-0.4, -0.2) is 16.0 Å². The number of benzene rings is 1. The molecular weight excluding hydrogens is 270 g/mol. The molecule has 0 bridgehead atoms. The van der Waals surface area contributed by atoms with Crippen LogP contribution in [0.25, 0.3) is 0 Å². The molecule has 2 rings (SSSR count). The lowest BCUT2D eigenvalue weighted by molar-refractivity contribution is -0.380. The summed E-state index contributed by atoms with van der Waals surface area (Å²) in [6, 6.07) is 10.3. The third-order valence-corrected chi connectivity index (χ3v) is 3.35. The van der Waals surface area contributed by atoms with Crippen molar-refractivity contribution >= 4 is 22.3 Å². The highest BCUT2D eigenvalue weighted by Crippen LogP contribution is 2.35. The maximum absolute atomic E-state index is 11.0. The van der Waals surface area contributed by atoms with E-state index in [0.717, 1.165) is 11.6 Å². The molecule has 0 saturated heterocycles. The number of carbonyl (C=O) groups is 1. The van der Waals surface area contributed by atoms with Crippen LogP contribution in [0.15, 0.2) is 36.4 Å². The maximum Gasteiger partial charge on any atom is 0.349 e. The Morgan fingerprint density at radius 2 is 2.05 bits per heavy atom. The molecule has 1 aromatic carbocycles. The first kappa shape index (κ1) is 13.0. The fourth-order valence-corrected chi connectivity index (χ4v) is 2.20. The number of ether oxygens (including phenoxy) is 1. The van der Waals surface area contributed by atoms with Crippen LogP contribution in [0, 0.1) is 10.1 Å². The molecule has 1 N–H and O–H groups in total. The van der Waals surface area contributed by atoms with Gasteiger partial charge in [-0.25, -0.2) is 4.79 Å². The zero-order valence-electron chi connectivity index (χ0n) is 9.61. The predicted octanol–water partition coefficient (Wildman–Crippen LogP) is 2.93. The quantitative estimate of drug-likeness (QED) is 0.671. The number of hydrogen-bond donors (Lipinski definition) is 1. The topological polar surface area (TPSA) is 89.7 Å². The number of aromatic carboxylic acids is 1. The zero-order chi connectivity index (χ0) is 13.8. The van der Waals surface area contributed by atoms with Gasteiger partial charge in [-0.3, -0.25) is 10.1 Å². The molecule has 19 heavy (non-hydrogen) atoms. The highest BCUT2D eigenvalue weighted by molar-refractivity contribution is 7.17. The van der Waals surface area contributed by atoms with Crippen molar-refractivity contribution in [2.45, 2.75) is 6.61 Å². The third kappa shape index (κ3) is 3.08.